The second kappa shape index (κ2) is 4.98. The van der Waals surface area contributed by atoms with Crippen molar-refractivity contribution in [1.82, 2.24) is 9.80 Å². The molecule has 0 aliphatic rings. The van der Waals surface area contributed by atoms with Crippen LogP contribution in [-0.4, -0.2) is 54.2 Å². The van der Waals surface area contributed by atoms with Gasteiger partial charge in [0.2, 0.25) is 0 Å². The summed E-state index contributed by atoms with van der Waals surface area (Å²) in [5.74, 6) is 0. The standard InChI is InChI=1S/C8H18N2O2/c1-5-9(3)8(12)10(4)7(2)6-11/h7,11H,5-6H2,1-4H3. The van der Waals surface area contributed by atoms with E-state index >= 15 is 0 Å². The number of amides is 2. The molecule has 0 spiro atoms. The van der Waals surface area contributed by atoms with Crippen LogP contribution in [0, 0.1) is 0 Å². The van der Waals surface area contributed by atoms with Crippen LogP contribution in [0.5, 0.6) is 0 Å². The molecule has 0 fully saturated rings. The number of nitrogens with zero attached hydrogens (tertiary/aromatic N) is 2. The molecule has 0 aliphatic carbocycles. The molecule has 2 amide bonds. The zero-order valence-corrected chi connectivity index (χ0v) is 8.24. The normalized spacial score (nSPS) is 12.4. The molecule has 1 N–H and O–H groups in total. The van der Waals surface area contributed by atoms with Crippen molar-refractivity contribution in [3.05, 3.63) is 0 Å². The number of aliphatic hydroxyl groups is 1. The summed E-state index contributed by atoms with van der Waals surface area (Å²) in [5, 5.41) is 8.80. The van der Waals surface area contributed by atoms with Crippen LogP contribution in [-0.2, 0) is 0 Å². The van der Waals surface area contributed by atoms with Gasteiger partial charge in [-0.3, -0.25) is 0 Å². The van der Waals surface area contributed by atoms with Crippen LogP contribution < -0.4 is 0 Å². The van der Waals surface area contributed by atoms with E-state index < -0.39 is 0 Å². The molecule has 1 unspecified atom stereocenters. The number of aliphatic hydroxyl groups excluding tert-OH is 1. The van der Waals surface area contributed by atoms with E-state index in [0.29, 0.717) is 6.54 Å². The average molecular weight is 174 g/mol. The zero-order valence-electron chi connectivity index (χ0n) is 8.24. The fourth-order valence-corrected chi connectivity index (χ4v) is 0.716. The van der Waals surface area contributed by atoms with Gasteiger partial charge in [-0.1, -0.05) is 0 Å². The molecule has 0 heterocycles. The summed E-state index contributed by atoms with van der Waals surface area (Å²) in [6.45, 7) is 4.40. The first-order valence-electron chi connectivity index (χ1n) is 4.13. The molecule has 0 bridgehead atoms. The molecule has 0 aliphatic heterocycles. The summed E-state index contributed by atoms with van der Waals surface area (Å²) in [4.78, 5) is 14.5. The van der Waals surface area contributed by atoms with E-state index in [2.05, 4.69) is 0 Å². The summed E-state index contributed by atoms with van der Waals surface area (Å²) in [6.07, 6.45) is 0. The SMILES string of the molecule is CCN(C)C(=O)N(C)C(C)CO. The molecule has 0 aromatic rings. The van der Waals surface area contributed by atoms with Gasteiger partial charge in [0.15, 0.2) is 0 Å². The van der Waals surface area contributed by atoms with Crippen molar-refractivity contribution in [2.45, 2.75) is 19.9 Å². The Morgan fingerprint density at radius 3 is 2.33 bits per heavy atom. The summed E-state index contributed by atoms with van der Waals surface area (Å²) in [7, 11) is 3.43. The van der Waals surface area contributed by atoms with Crippen LogP contribution in [0.4, 0.5) is 4.79 Å². The van der Waals surface area contributed by atoms with Crippen LogP contribution in [0.3, 0.4) is 0 Å². The van der Waals surface area contributed by atoms with Crippen LogP contribution in [0.25, 0.3) is 0 Å². The summed E-state index contributed by atoms with van der Waals surface area (Å²) < 4.78 is 0. The molecule has 0 aromatic carbocycles. The highest BCUT2D eigenvalue weighted by Crippen LogP contribution is 1.99. The van der Waals surface area contributed by atoms with Gasteiger partial charge in [-0.25, -0.2) is 4.79 Å². The quantitative estimate of drug-likeness (QED) is 0.672. The Bertz CT molecular complexity index is 150. The largest absolute Gasteiger partial charge is 0.394 e. The number of likely N-dealkylation sites (N-methyl/N-ethyl adjacent to an activating group) is 1. The lowest BCUT2D eigenvalue weighted by Gasteiger charge is -2.27. The maximum atomic E-state index is 11.4. The van der Waals surface area contributed by atoms with Crippen LogP contribution >= 0.6 is 0 Å². The molecule has 4 heteroatoms. The summed E-state index contributed by atoms with van der Waals surface area (Å²) in [5.41, 5.74) is 0. The maximum absolute atomic E-state index is 11.4. The summed E-state index contributed by atoms with van der Waals surface area (Å²) in [6, 6.07) is -0.175. The van der Waals surface area contributed by atoms with Crippen LogP contribution in [0.2, 0.25) is 0 Å². The molecule has 0 saturated carbocycles. The van der Waals surface area contributed by atoms with Gasteiger partial charge in [-0.05, 0) is 13.8 Å². The minimum atomic E-state index is -0.119. The van der Waals surface area contributed by atoms with Gasteiger partial charge in [0.1, 0.15) is 0 Å². The molecule has 12 heavy (non-hydrogen) atoms. The Morgan fingerprint density at radius 2 is 2.00 bits per heavy atom. The van der Waals surface area contributed by atoms with Crippen LogP contribution in [0.15, 0.2) is 0 Å². The van der Waals surface area contributed by atoms with Crippen molar-refractivity contribution in [2.75, 3.05) is 27.2 Å². The fraction of sp³-hybridized carbons (Fsp3) is 0.875. The van der Waals surface area contributed by atoms with E-state index in [1.807, 2.05) is 6.92 Å². The molecule has 0 saturated heterocycles. The minimum Gasteiger partial charge on any atom is -0.394 e. The van der Waals surface area contributed by atoms with Crippen molar-refractivity contribution in [3.8, 4) is 0 Å². The number of carbonyl (C=O) groups is 1. The van der Waals surface area contributed by atoms with Gasteiger partial charge in [-0.2, -0.15) is 0 Å². The Morgan fingerprint density at radius 1 is 1.50 bits per heavy atom. The lowest BCUT2D eigenvalue weighted by Crippen LogP contribution is -2.44. The molecule has 4 nitrogen and oxygen atoms in total. The van der Waals surface area contributed by atoms with E-state index in [-0.39, 0.29) is 18.7 Å². The second-order valence-corrected chi connectivity index (χ2v) is 2.94. The van der Waals surface area contributed by atoms with Crippen molar-refractivity contribution in [3.63, 3.8) is 0 Å². The first kappa shape index (κ1) is 11.2. The maximum Gasteiger partial charge on any atom is 0.319 e. The lowest BCUT2D eigenvalue weighted by atomic mass is 10.3. The van der Waals surface area contributed by atoms with Crippen molar-refractivity contribution >= 4 is 6.03 Å². The third kappa shape index (κ3) is 2.70. The Labute approximate surface area is 73.8 Å². The fourth-order valence-electron chi connectivity index (χ4n) is 0.716. The van der Waals surface area contributed by atoms with E-state index in [0.717, 1.165) is 0 Å². The molecule has 72 valence electrons. The zero-order chi connectivity index (χ0) is 9.72. The van der Waals surface area contributed by atoms with Crippen molar-refractivity contribution in [1.29, 1.82) is 0 Å². The van der Waals surface area contributed by atoms with Crippen molar-refractivity contribution < 1.29 is 9.90 Å². The van der Waals surface area contributed by atoms with Gasteiger partial charge >= 0.3 is 6.03 Å². The number of hydrogen-bond donors (Lipinski definition) is 1. The van der Waals surface area contributed by atoms with Crippen molar-refractivity contribution in [2.24, 2.45) is 0 Å². The number of hydrogen-bond acceptors (Lipinski definition) is 2. The molecule has 0 rings (SSSR count). The van der Waals surface area contributed by atoms with Gasteiger partial charge in [0.25, 0.3) is 0 Å². The smallest absolute Gasteiger partial charge is 0.319 e. The van der Waals surface area contributed by atoms with Gasteiger partial charge in [0.05, 0.1) is 12.6 Å². The highest BCUT2D eigenvalue weighted by Gasteiger charge is 2.16. The second-order valence-electron chi connectivity index (χ2n) is 2.94. The molecule has 0 aromatic heterocycles. The Kier molecular flexibility index (Phi) is 4.66. The summed E-state index contributed by atoms with van der Waals surface area (Å²) >= 11 is 0. The van der Waals surface area contributed by atoms with Gasteiger partial charge in [-0.15, -0.1) is 0 Å². The molecular weight excluding hydrogens is 156 g/mol. The molecular formula is C8H18N2O2. The van der Waals surface area contributed by atoms with E-state index in [9.17, 15) is 4.79 Å². The van der Waals surface area contributed by atoms with E-state index in [4.69, 9.17) is 5.11 Å². The predicted octanol–water partition coefficient (Wildman–Crippen LogP) is 0.371. The Balaban J connectivity index is 4.09. The van der Waals surface area contributed by atoms with Crippen LogP contribution in [0.1, 0.15) is 13.8 Å². The highest BCUT2D eigenvalue weighted by atomic mass is 16.3. The third-order valence-electron chi connectivity index (χ3n) is 2.03. The average Bonchev–Trinajstić information content (AvgIpc) is 2.12. The third-order valence-corrected chi connectivity index (χ3v) is 2.03. The number of urea groups is 1. The number of rotatable bonds is 3. The highest BCUT2D eigenvalue weighted by molar-refractivity contribution is 5.74. The van der Waals surface area contributed by atoms with E-state index in [1.54, 1.807) is 25.9 Å². The number of carbonyl (C=O) groups excluding carboxylic acids is 1. The monoisotopic (exact) mass is 174 g/mol. The topological polar surface area (TPSA) is 43.8 Å². The molecule has 1 atom stereocenters. The molecule has 0 radical (unpaired) electrons. The Hall–Kier alpha value is -0.770. The first-order chi connectivity index (χ1) is 5.54. The predicted molar refractivity (Wildman–Crippen MR) is 48.0 cm³/mol. The minimum absolute atomic E-state index is 0.000204. The van der Waals surface area contributed by atoms with Gasteiger partial charge in [0, 0.05) is 20.6 Å². The van der Waals surface area contributed by atoms with Gasteiger partial charge < -0.3 is 14.9 Å². The lowest BCUT2D eigenvalue weighted by molar-refractivity contribution is 0.134. The first-order valence-corrected chi connectivity index (χ1v) is 4.13. The van der Waals surface area contributed by atoms with E-state index in [1.165, 1.54) is 4.90 Å².